The van der Waals surface area contributed by atoms with Gasteiger partial charge in [0.15, 0.2) is 0 Å². The van der Waals surface area contributed by atoms with E-state index in [9.17, 15) is 9.59 Å². The Morgan fingerprint density at radius 1 is 1.00 bits per heavy atom. The van der Waals surface area contributed by atoms with Crippen LogP contribution >= 0.6 is 0 Å². The second-order valence-corrected chi connectivity index (χ2v) is 8.72. The number of nitrogens with zero attached hydrogens (tertiary/aromatic N) is 2. The molecule has 0 bridgehead atoms. The summed E-state index contributed by atoms with van der Waals surface area (Å²) >= 11 is 0. The molecule has 3 rings (SSSR count). The number of likely N-dealkylation sites (tertiary alicyclic amines) is 2. The van der Waals surface area contributed by atoms with Crippen molar-refractivity contribution < 1.29 is 14.3 Å². The predicted molar refractivity (Wildman–Crippen MR) is 106 cm³/mol. The van der Waals surface area contributed by atoms with E-state index in [0.29, 0.717) is 12.5 Å². The Bertz CT molecular complexity index is 653. The van der Waals surface area contributed by atoms with E-state index in [1.165, 1.54) is 5.56 Å². The van der Waals surface area contributed by atoms with Crippen LogP contribution in [0.15, 0.2) is 30.3 Å². The van der Waals surface area contributed by atoms with Crippen molar-refractivity contribution in [2.45, 2.75) is 70.4 Å². The largest absolute Gasteiger partial charge is 0.444 e. The molecule has 0 spiro atoms. The molecule has 2 atom stereocenters. The summed E-state index contributed by atoms with van der Waals surface area (Å²) in [6.45, 7) is 7.69. The summed E-state index contributed by atoms with van der Waals surface area (Å²) in [5.74, 6) is 0.454. The summed E-state index contributed by atoms with van der Waals surface area (Å²) in [6, 6.07) is 10.1. The van der Waals surface area contributed by atoms with Crippen molar-refractivity contribution in [1.82, 2.24) is 9.80 Å². The molecule has 2 unspecified atom stereocenters. The van der Waals surface area contributed by atoms with E-state index in [-0.39, 0.29) is 18.0 Å². The fourth-order valence-corrected chi connectivity index (χ4v) is 4.11. The molecule has 0 saturated carbocycles. The third-order valence-corrected chi connectivity index (χ3v) is 5.42. The molecule has 2 heterocycles. The monoisotopic (exact) mass is 372 g/mol. The molecule has 148 valence electrons. The van der Waals surface area contributed by atoms with Crippen LogP contribution in [0.1, 0.15) is 64.4 Å². The van der Waals surface area contributed by atoms with Crippen LogP contribution in [0.5, 0.6) is 0 Å². The second-order valence-electron chi connectivity index (χ2n) is 8.72. The van der Waals surface area contributed by atoms with Gasteiger partial charge >= 0.3 is 6.09 Å². The zero-order valence-electron chi connectivity index (χ0n) is 16.8. The van der Waals surface area contributed by atoms with Gasteiger partial charge in [0.05, 0.1) is 0 Å². The van der Waals surface area contributed by atoms with E-state index in [1.54, 1.807) is 4.90 Å². The highest BCUT2D eigenvalue weighted by atomic mass is 16.6. The first-order chi connectivity index (χ1) is 12.8. The molecule has 0 N–H and O–H groups in total. The minimum absolute atomic E-state index is 0.0844. The molecule has 2 aliphatic rings. The van der Waals surface area contributed by atoms with Gasteiger partial charge in [0.2, 0.25) is 5.91 Å². The van der Waals surface area contributed by atoms with E-state index in [1.807, 2.05) is 31.7 Å². The van der Waals surface area contributed by atoms with Gasteiger partial charge < -0.3 is 9.64 Å². The molecule has 0 radical (unpaired) electrons. The highest BCUT2D eigenvalue weighted by Gasteiger charge is 2.39. The Labute approximate surface area is 162 Å². The first kappa shape index (κ1) is 19.7. The summed E-state index contributed by atoms with van der Waals surface area (Å²) in [4.78, 5) is 29.5. The number of amides is 2. The van der Waals surface area contributed by atoms with Crippen LogP contribution in [0.3, 0.4) is 0 Å². The second kappa shape index (κ2) is 8.32. The van der Waals surface area contributed by atoms with Crippen LogP contribution < -0.4 is 0 Å². The van der Waals surface area contributed by atoms with Gasteiger partial charge in [-0.3, -0.25) is 9.69 Å². The van der Waals surface area contributed by atoms with E-state index >= 15 is 0 Å². The summed E-state index contributed by atoms with van der Waals surface area (Å²) in [5, 5.41) is 0. The van der Waals surface area contributed by atoms with Gasteiger partial charge in [0, 0.05) is 25.6 Å². The van der Waals surface area contributed by atoms with Gasteiger partial charge in [-0.1, -0.05) is 36.8 Å². The number of ether oxygens (including phenoxy) is 1. The molecule has 5 heteroatoms. The van der Waals surface area contributed by atoms with Crippen molar-refractivity contribution in [3.8, 4) is 0 Å². The van der Waals surface area contributed by atoms with Crippen LogP contribution in [0.25, 0.3) is 0 Å². The number of carbonyl (C=O) groups excluding carboxylic acids is 2. The molecule has 1 aromatic rings. The topological polar surface area (TPSA) is 49.9 Å². The molecule has 0 aromatic heterocycles. The van der Waals surface area contributed by atoms with Crippen molar-refractivity contribution in [3.63, 3.8) is 0 Å². The van der Waals surface area contributed by atoms with E-state index in [2.05, 4.69) is 24.3 Å². The van der Waals surface area contributed by atoms with Gasteiger partial charge in [-0.2, -0.15) is 0 Å². The van der Waals surface area contributed by atoms with E-state index in [0.717, 1.165) is 45.2 Å². The van der Waals surface area contributed by atoms with Crippen LogP contribution in [0.2, 0.25) is 0 Å². The maximum absolute atomic E-state index is 13.3. The molecule has 27 heavy (non-hydrogen) atoms. The lowest BCUT2D eigenvalue weighted by Crippen LogP contribution is -2.49. The van der Waals surface area contributed by atoms with Crippen LogP contribution in [0.4, 0.5) is 4.79 Å². The van der Waals surface area contributed by atoms with Crippen molar-refractivity contribution in [3.05, 3.63) is 35.9 Å². The van der Waals surface area contributed by atoms with Crippen LogP contribution in [-0.4, -0.2) is 53.1 Å². The molecule has 2 fully saturated rings. The maximum atomic E-state index is 13.3. The van der Waals surface area contributed by atoms with Crippen LogP contribution in [0, 0.1) is 0 Å². The average molecular weight is 373 g/mol. The fourth-order valence-electron chi connectivity index (χ4n) is 4.11. The molecule has 1 aromatic carbocycles. The Balaban J connectivity index is 1.70. The summed E-state index contributed by atoms with van der Waals surface area (Å²) in [7, 11) is 0. The number of rotatable bonds is 2. The predicted octanol–water partition coefficient (Wildman–Crippen LogP) is 4.18. The first-order valence-corrected chi connectivity index (χ1v) is 10.2. The molecule has 2 saturated heterocycles. The van der Waals surface area contributed by atoms with Gasteiger partial charge in [-0.05, 0) is 52.0 Å². The standard InChI is InChI=1S/C22H32N2O3/c1-22(2,3)27-21(26)24-15-9-13-19(24)20(25)23-14-8-7-12-18(16-23)17-10-5-4-6-11-17/h4-6,10-11,18-19H,7-9,12-16H2,1-3H3. The number of hydrogen-bond donors (Lipinski definition) is 0. The Morgan fingerprint density at radius 2 is 1.74 bits per heavy atom. The van der Waals surface area contributed by atoms with E-state index < -0.39 is 5.60 Å². The lowest BCUT2D eigenvalue weighted by Gasteiger charge is -2.32. The van der Waals surface area contributed by atoms with Gasteiger partial charge in [0.25, 0.3) is 0 Å². The summed E-state index contributed by atoms with van der Waals surface area (Å²) in [6.07, 6.45) is 4.47. The summed E-state index contributed by atoms with van der Waals surface area (Å²) in [5.41, 5.74) is 0.751. The highest BCUT2D eigenvalue weighted by molar-refractivity contribution is 5.86. The lowest BCUT2D eigenvalue weighted by atomic mass is 9.94. The molecule has 5 nitrogen and oxygen atoms in total. The third-order valence-electron chi connectivity index (χ3n) is 5.42. The maximum Gasteiger partial charge on any atom is 0.410 e. The van der Waals surface area contributed by atoms with Crippen molar-refractivity contribution >= 4 is 12.0 Å². The smallest absolute Gasteiger partial charge is 0.410 e. The number of carbonyl (C=O) groups is 2. The number of benzene rings is 1. The van der Waals surface area contributed by atoms with Gasteiger partial charge in [0.1, 0.15) is 11.6 Å². The van der Waals surface area contributed by atoms with Crippen molar-refractivity contribution in [2.24, 2.45) is 0 Å². The molecule has 0 aliphatic carbocycles. The van der Waals surface area contributed by atoms with Crippen LogP contribution in [-0.2, 0) is 9.53 Å². The first-order valence-electron chi connectivity index (χ1n) is 10.2. The lowest BCUT2D eigenvalue weighted by molar-refractivity contribution is -0.136. The third kappa shape index (κ3) is 5.02. The SMILES string of the molecule is CC(C)(C)OC(=O)N1CCCC1C(=O)N1CCCCC(c2ccccc2)C1. The highest BCUT2D eigenvalue weighted by Crippen LogP contribution is 2.29. The van der Waals surface area contributed by atoms with Gasteiger partial charge in [-0.25, -0.2) is 4.79 Å². The summed E-state index contributed by atoms with van der Waals surface area (Å²) < 4.78 is 5.52. The van der Waals surface area contributed by atoms with Gasteiger partial charge in [-0.15, -0.1) is 0 Å². The molecule has 2 amide bonds. The Kier molecular flexibility index (Phi) is 6.08. The average Bonchev–Trinajstić information content (AvgIpc) is 2.98. The quantitative estimate of drug-likeness (QED) is 0.782. The zero-order chi connectivity index (χ0) is 19.4. The van der Waals surface area contributed by atoms with Crippen molar-refractivity contribution in [2.75, 3.05) is 19.6 Å². The minimum atomic E-state index is -0.547. The molecular formula is C22H32N2O3. The number of hydrogen-bond acceptors (Lipinski definition) is 3. The molecule has 2 aliphatic heterocycles. The van der Waals surface area contributed by atoms with Crippen molar-refractivity contribution in [1.29, 1.82) is 0 Å². The minimum Gasteiger partial charge on any atom is -0.444 e. The Hall–Kier alpha value is -2.04. The fraction of sp³-hybridized carbons (Fsp3) is 0.636. The molecular weight excluding hydrogens is 340 g/mol. The zero-order valence-corrected chi connectivity index (χ0v) is 16.8. The van der Waals surface area contributed by atoms with E-state index in [4.69, 9.17) is 4.74 Å². The Morgan fingerprint density at radius 3 is 2.44 bits per heavy atom. The normalized spacial score (nSPS) is 23.8.